The Morgan fingerprint density at radius 3 is 3.05 bits per heavy atom. The summed E-state index contributed by atoms with van der Waals surface area (Å²) in [6.07, 6.45) is 3.80. The van der Waals surface area contributed by atoms with Crippen molar-refractivity contribution in [2.75, 3.05) is 6.54 Å². The molecule has 2 unspecified atom stereocenters. The van der Waals surface area contributed by atoms with Gasteiger partial charge in [-0.25, -0.2) is 0 Å². The predicted molar refractivity (Wildman–Crippen MR) is 80.7 cm³/mol. The Labute approximate surface area is 123 Å². The summed E-state index contributed by atoms with van der Waals surface area (Å²) >= 11 is 3.49. The third kappa shape index (κ3) is 3.37. The molecule has 1 aromatic carbocycles. The van der Waals surface area contributed by atoms with Gasteiger partial charge >= 0.3 is 0 Å². The number of rotatable bonds is 4. The van der Waals surface area contributed by atoms with Crippen molar-refractivity contribution >= 4 is 21.8 Å². The van der Waals surface area contributed by atoms with Gasteiger partial charge in [-0.2, -0.15) is 0 Å². The van der Waals surface area contributed by atoms with Crippen molar-refractivity contribution in [3.05, 3.63) is 34.3 Å². The van der Waals surface area contributed by atoms with Crippen molar-refractivity contribution in [1.82, 2.24) is 4.90 Å². The van der Waals surface area contributed by atoms with Crippen LogP contribution in [0.2, 0.25) is 0 Å². The number of benzene rings is 1. The lowest BCUT2D eigenvalue weighted by Crippen LogP contribution is -2.43. The summed E-state index contributed by atoms with van der Waals surface area (Å²) in [5, 5.41) is 0. The number of amides is 1. The van der Waals surface area contributed by atoms with E-state index in [4.69, 9.17) is 5.73 Å². The summed E-state index contributed by atoms with van der Waals surface area (Å²) in [7, 11) is 0. The van der Waals surface area contributed by atoms with Gasteiger partial charge in [0.1, 0.15) is 0 Å². The molecular weight excluding hydrogens is 304 g/mol. The monoisotopic (exact) mass is 324 g/mol. The van der Waals surface area contributed by atoms with Crippen LogP contribution in [0.3, 0.4) is 0 Å². The van der Waals surface area contributed by atoms with Gasteiger partial charge in [0.15, 0.2) is 0 Å². The number of hydrogen-bond donors (Lipinski definition) is 1. The number of likely N-dealkylation sites (tertiary alicyclic amines) is 1. The highest BCUT2D eigenvalue weighted by Crippen LogP contribution is 2.33. The van der Waals surface area contributed by atoms with Crippen LogP contribution >= 0.6 is 15.9 Å². The molecule has 0 aromatic heterocycles. The molecule has 0 aliphatic carbocycles. The maximum absolute atomic E-state index is 12.4. The summed E-state index contributed by atoms with van der Waals surface area (Å²) in [6.45, 7) is 2.89. The fraction of sp³-hybridized carbons (Fsp3) is 0.533. The van der Waals surface area contributed by atoms with E-state index < -0.39 is 0 Å². The molecule has 3 nitrogen and oxygen atoms in total. The van der Waals surface area contributed by atoms with Crippen LogP contribution in [0.25, 0.3) is 0 Å². The Morgan fingerprint density at radius 1 is 1.58 bits per heavy atom. The van der Waals surface area contributed by atoms with Gasteiger partial charge in [0, 0.05) is 11.0 Å². The van der Waals surface area contributed by atoms with Gasteiger partial charge in [-0.3, -0.25) is 4.79 Å². The topological polar surface area (TPSA) is 46.3 Å². The Balaban J connectivity index is 2.15. The minimum Gasteiger partial charge on any atom is -0.334 e. The fourth-order valence-electron chi connectivity index (χ4n) is 2.74. The SMILES string of the molecule is CCCC(N)C(=O)N1CCCC1c1cccc(Br)c1. The first-order valence-electron chi connectivity index (χ1n) is 6.95. The normalized spacial score (nSPS) is 20.6. The highest BCUT2D eigenvalue weighted by atomic mass is 79.9. The second kappa shape index (κ2) is 6.53. The van der Waals surface area contributed by atoms with Crippen LogP contribution in [-0.4, -0.2) is 23.4 Å². The van der Waals surface area contributed by atoms with E-state index in [0.717, 1.165) is 36.7 Å². The summed E-state index contributed by atoms with van der Waals surface area (Å²) in [6, 6.07) is 8.05. The molecule has 104 valence electrons. The first-order valence-corrected chi connectivity index (χ1v) is 7.74. The van der Waals surface area contributed by atoms with Gasteiger partial charge in [-0.1, -0.05) is 41.4 Å². The predicted octanol–water partition coefficient (Wildman–Crippen LogP) is 3.24. The Morgan fingerprint density at radius 2 is 2.37 bits per heavy atom. The fourth-order valence-corrected chi connectivity index (χ4v) is 3.16. The molecule has 1 heterocycles. The Hall–Kier alpha value is -0.870. The molecule has 2 atom stereocenters. The van der Waals surface area contributed by atoms with Gasteiger partial charge in [-0.15, -0.1) is 0 Å². The average Bonchev–Trinajstić information content (AvgIpc) is 2.87. The molecule has 0 bridgehead atoms. The van der Waals surface area contributed by atoms with Crippen LogP contribution in [0.15, 0.2) is 28.7 Å². The van der Waals surface area contributed by atoms with Crippen molar-refractivity contribution in [2.24, 2.45) is 5.73 Å². The molecule has 4 heteroatoms. The number of carbonyl (C=O) groups is 1. The molecule has 1 amide bonds. The summed E-state index contributed by atoms with van der Waals surface area (Å²) in [4.78, 5) is 14.4. The third-order valence-electron chi connectivity index (χ3n) is 3.69. The van der Waals surface area contributed by atoms with Gasteiger partial charge in [0.05, 0.1) is 12.1 Å². The largest absolute Gasteiger partial charge is 0.334 e. The van der Waals surface area contributed by atoms with Crippen LogP contribution in [0.1, 0.15) is 44.2 Å². The van der Waals surface area contributed by atoms with Crippen molar-refractivity contribution in [2.45, 2.75) is 44.7 Å². The smallest absolute Gasteiger partial charge is 0.239 e. The lowest BCUT2D eigenvalue weighted by Gasteiger charge is -2.27. The quantitative estimate of drug-likeness (QED) is 0.924. The van der Waals surface area contributed by atoms with E-state index in [1.165, 1.54) is 5.56 Å². The molecule has 2 rings (SSSR count). The molecule has 1 aliphatic heterocycles. The molecular formula is C15H21BrN2O. The lowest BCUT2D eigenvalue weighted by molar-refractivity contribution is -0.133. The zero-order chi connectivity index (χ0) is 13.8. The Kier molecular flexibility index (Phi) is 4.99. The summed E-state index contributed by atoms with van der Waals surface area (Å²) in [5.41, 5.74) is 7.18. The molecule has 19 heavy (non-hydrogen) atoms. The van der Waals surface area contributed by atoms with Crippen LogP contribution in [0.5, 0.6) is 0 Å². The second-order valence-corrected chi connectivity index (χ2v) is 6.06. The van der Waals surface area contributed by atoms with E-state index in [9.17, 15) is 4.79 Å². The Bertz CT molecular complexity index is 450. The van der Waals surface area contributed by atoms with E-state index in [0.29, 0.717) is 0 Å². The average molecular weight is 325 g/mol. The highest BCUT2D eigenvalue weighted by molar-refractivity contribution is 9.10. The maximum Gasteiger partial charge on any atom is 0.239 e. The zero-order valence-corrected chi connectivity index (χ0v) is 12.9. The van der Waals surface area contributed by atoms with Crippen molar-refractivity contribution in [1.29, 1.82) is 0 Å². The van der Waals surface area contributed by atoms with Gasteiger partial charge in [0.25, 0.3) is 0 Å². The van der Waals surface area contributed by atoms with Crippen LogP contribution in [0, 0.1) is 0 Å². The molecule has 1 aromatic rings. The number of halogens is 1. The van der Waals surface area contributed by atoms with E-state index in [-0.39, 0.29) is 18.0 Å². The van der Waals surface area contributed by atoms with Crippen LogP contribution < -0.4 is 5.73 Å². The molecule has 1 fully saturated rings. The minimum absolute atomic E-state index is 0.101. The summed E-state index contributed by atoms with van der Waals surface area (Å²) in [5.74, 6) is 0.101. The number of hydrogen-bond acceptors (Lipinski definition) is 2. The first-order chi connectivity index (χ1) is 9.13. The van der Waals surface area contributed by atoms with Crippen molar-refractivity contribution < 1.29 is 4.79 Å². The van der Waals surface area contributed by atoms with Crippen molar-refractivity contribution in [3.8, 4) is 0 Å². The van der Waals surface area contributed by atoms with E-state index in [1.807, 2.05) is 17.0 Å². The molecule has 2 N–H and O–H groups in total. The molecule has 0 radical (unpaired) electrons. The van der Waals surface area contributed by atoms with Gasteiger partial charge < -0.3 is 10.6 Å². The van der Waals surface area contributed by atoms with E-state index in [1.54, 1.807) is 0 Å². The lowest BCUT2D eigenvalue weighted by atomic mass is 10.0. The minimum atomic E-state index is -0.349. The summed E-state index contributed by atoms with van der Waals surface area (Å²) < 4.78 is 1.06. The highest BCUT2D eigenvalue weighted by Gasteiger charge is 2.32. The molecule has 0 saturated carbocycles. The van der Waals surface area contributed by atoms with Crippen molar-refractivity contribution in [3.63, 3.8) is 0 Å². The van der Waals surface area contributed by atoms with Crippen LogP contribution in [-0.2, 0) is 4.79 Å². The van der Waals surface area contributed by atoms with E-state index in [2.05, 4.69) is 35.0 Å². The van der Waals surface area contributed by atoms with Gasteiger partial charge in [0.2, 0.25) is 5.91 Å². The standard InChI is InChI=1S/C15H21BrN2O/c1-2-5-13(17)15(19)18-9-4-8-14(18)11-6-3-7-12(16)10-11/h3,6-7,10,13-14H,2,4-5,8-9,17H2,1H3. The van der Waals surface area contributed by atoms with Gasteiger partial charge in [-0.05, 0) is 37.0 Å². The number of nitrogens with zero attached hydrogens (tertiary/aromatic N) is 1. The second-order valence-electron chi connectivity index (χ2n) is 5.14. The maximum atomic E-state index is 12.4. The number of carbonyl (C=O) groups excluding carboxylic acids is 1. The number of nitrogens with two attached hydrogens (primary N) is 1. The van der Waals surface area contributed by atoms with Crippen LogP contribution in [0.4, 0.5) is 0 Å². The molecule has 0 spiro atoms. The zero-order valence-electron chi connectivity index (χ0n) is 11.3. The third-order valence-corrected chi connectivity index (χ3v) is 4.18. The molecule has 1 saturated heterocycles. The first kappa shape index (κ1) is 14.5. The van der Waals surface area contributed by atoms with E-state index >= 15 is 0 Å². The molecule has 1 aliphatic rings.